The second kappa shape index (κ2) is 7.46. The Hall–Kier alpha value is -3.57. The van der Waals surface area contributed by atoms with Gasteiger partial charge in [-0.3, -0.25) is 4.79 Å². The lowest BCUT2D eigenvalue weighted by atomic mass is 9.73. The number of likely N-dealkylation sites (tertiary alicyclic amines) is 1. The first kappa shape index (κ1) is 21.9. The zero-order chi connectivity index (χ0) is 24.5. The van der Waals surface area contributed by atoms with Crippen molar-refractivity contribution in [1.29, 1.82) is 0 Å². The van der Waals surface area contributed by atoms with E-state index in [4.69, 9.17) is 4.74 Å². The number of halogens is 4. The standard InChI is InChI=1S/C23H20F4N6O2/c1-12-6-15(33-30-4-5-31-33)19(29-10-12)21(34)32-16(9-24)14-7-22(14)8-17(20(22)32)35-18-3-2-13(11-28-18)23(25,26)27/h2-6,10-11,14,16-17,20H,7-9H2,1H3. The molecule has 3 aromatic heterocycles. The van der Waals surface area contributed by atoms with Crippen LogP contribution in [0, 0.1) is 18.3 Å². The van der Waals surface area contributed by atoms with E-state index in [0.717, 1.165) is 24.1 Å². The molecule has 4 heterocycles. The monoisotopic (exact) mass is 488 g/mol. The minimum Gasteiger partial charge on any atom is -0.472 e. The fraction of sp³-hybridized carbons (Fsp3) is 0.435. The molecule has 1 saturated heterocycles. The number of pyridine rings is 2. The van der Waals surface area contributed by atoms with Gasteiger partial charge in [0.1, 0.15) is 18.5 Å². The van der Waals surface area contributed by atoms with Crippen molar-refractivity contribution in [3.63, 3.8) is 0 Å². The normalized spacial score (nSPS) is 28.8. The van der Waals surface area contributed by atoms with E-state index < -0.39 is 42.5 Å². The zero-order valence-electron chi connectivity index (χ0n) is 18.5. The highest BCUT2D eigenvalue weighted by Gasteiger charge is 2.79. The minimum absolute atomic E-state index is 0.0126. The molecule has 3 aliphatic rings. The maximum atomic E-state index is 14.2. The van der Waals surface area contributed by atoms with Gasteiger partial charge in [-0.25, -0.2) is 14.4 Å². The summed E-state index contributed by atoms with van der Waals surface area (Å²) >= 11 is 0. The zero-order valence-corrected chi connectivity index (χ0v) is 18.5. The molecule has 8 nitrogen and oxygen atoms in total. The fourth-order valence-electron chi connectivity index (χ4n) is 5.79. The predicted molar refractivity (Wildman–Crippen MR) is 112 cm³/mol. The fourth-order valence-corrected chi connectivity index (χ4v) is 5.79. The van der Waals surface area contributed by atoms with Gasteiger partial charge in [-0.15, -0.1) is 4.80 Å². The van der Waals surface area contributed by atoms with Crippen molar-refractivity contribution in [2.75, 3.05) is 6.67 Å². The molecule has 0 N–H and O–H groups in total. The molecule has 12 heteroatoms. The average molecular weight is 488 g/mol. The van der Waals surface area contributed by atoms with Crippen molar-refractivity contribution in [2.24, 2.45) is 11.3 Å². The van der Waals surface area contributed by atoms with E-state index in [1.54, 1.807) is 12.3 Å². The molecular weight excluding hydrogens is 468 g/mol. The van der Waals surface area contributed by atoms with Crippen molar-refractivity contribution in [1.82, 2.24) is 29.9 Å². The van der Waals surface area contributed by atoms with Gasteiger partial charge >= 0.3 is 6.18 Å². The molecule has 1 aliphatic heterocycles. The SMILES string of the molecule is Cc1cnc(C(=O)N2C(CF)C3CC34CC(Oc3ccc(C(F)(F)F)cn3)C24)c(-n2nccn2)c1. The van der Waals surface area contributed by atoms with E-state index in [1.165, 1.54) is 22.1 Å². The van der Waals surface area contributed by atoms with E-state index in [1.807, 2.05) is 6.92 Å². The molecule has 1 amide bonds. The second-order valence-electron chi connectivity index (χ2n) is 9.36. The summed E-state index contributed by atoms with van der Waals surface area (Å²) in [5.41, 5.74) is 0.165. The van der Waals surface area contributed by atoms with Gasteiger partial charge in [0.05, 0.1) is 30.0 Å². The molecular formula is C23H20F4N6O2. The number of carbonyl (C=O) groups excluding carboxylic acids is 1. The quantitative estimate of drug-likeness (QED) is 0.512. The molecule has 1 spiro atoms. The number of ether oxygens (including phenoxy) is 1. The number of hydrogen-bond acceptors (Lipinski definition) is 6. The second-order valence-corrected chi connectivity index (χ2v) is 9.36. The molecule has 35 heavy (non-hydrogen) atoms. The molecule has 6 rings (SSSR count). The first-order valence-corrected chi connectivity index (χ1v) is 11.1. The Kier molecular flexibility index (Phi) is 4.68. The van der Waals surface area contributed by atoms with Crippen LogP contribution in [-0.4, -0.2) is 60.6 Å². The van der Waals surface area contributed by atoms with Crippen LogP contribution in [0.4, 0.5) is 17.6 Å². The van der Waals surface area contributed by atoms with Gasteiger partial charge in [0.15, 0.2) is 5.69 Å². The van der Waals surface area contributed by atoms with Crippen LogP contribution >= 0.6 is 0 Å². The summed E-state index contributed by atoms with van der Waals surface area (Å²) in [6.07, 6.45) is 1.58. The number of alkyl halides is 4. The number of piperidine rings is 1. The Morgan fingerprint density at radius 3 is 2.60 bits per heavy atom. The van der Waals surface area contributed by atoms with Crippen LogP contribution in [0.5, 0.6) is 5.88 Å². The van der Waals surface area contributed by atoms with Gasteiger partial charge in [-0.1, -0.05) is 0 Å². The summed E-state index contributed by atoms with van der Waals surface area (Å²) in [4.78, 5) is 24.7. The molecule has 3 fully saturated rings. The van der Waals surface area contributed by atoms with Gasteiger partial charge in [-0.05, 0) is 43.4 Å². The first-order valence-electron chi connectivity index (χ1n) is 11.1. The molecule has 2 aliphatic carbocycles. The van der Waals surface area contributed by atoms with Gasteiger partial charge in [0.25, 0.3) is 5.91 Å². The van der Waals surface area contributed by atoms with Crippen LogP contribution in [-0.2, 0) is 6.18 Å². The molecule has 0 aromatic carbocycles. The van der Waals surface area contributed by atoms with Crippen LogP contribution in [0.25, 0.3) is 5.69 Å². The molecule has 3 aromatic rings. The maximum Gasteiger partial charge on any atom is 0.417 e. The number of aromatic nitrogens is 5. The van der Waals surface area contributed by atoms with Crippen LogP contribution in [0.2, 0.25) is 0 Å². The van der Waals surface area contributed by atoms with E-state index in [0.29, 0.717) is 18.3 Å². The topological polar surface area (TPSA) is 86.0 Å². The van der Waals surface area contributed by atoms with Crippen molar-refractivity contribution >= 4 is 5.91 Å². The Morgan fingerprint density at radius 1 is 1.17 bits per heavy atom. The van der Waals surface area contributed by atoms with Crippen molar-refractivity contribution in [3.05, 3.63) is 59.8 Å². The van der Waals surface area contributed by atoms with E-state index >= 15 is 0 Å². The van der Waals surface area contributed by atoms with Gasteiger partial charge < -0.3 is 9.64 Å². The largest absolute Gasteiger partial charge is 0.472 e. The number of hydrogen-bond donors (Lipinski definition) is 0. The van der Waals surface area contributed by atoms with E-state index in [-0.39, 0.29) is 22.9 Å². The molecule has 5 atom stereocenters. The Labute approximate surface area is 196 Å². The van der Waals surface area contributed by atoms with E-state index in [2.05, 4.69) is 20.2 Å². The number of carbonyl (C=O) groups is 1. The highest BCUT2D eigenvalue weighted by atomic mass is 19.4. The molecule has 0 radical (unpaired) electrons. The Morgan fingerprint density at radius 2 is 1.94 bits per heavy atom. The molecule has 0 bridgehead atoms. The third-order valence-corrected chi connectivity index (χ3v) is 7.39. The summed E-state index contributed by atoms with van der Waals surface area (Å²) in [6, 6.07) is 2.75. The number of amides is 1. The third kappa shape index (κ3) is 3.29. The smallest absolute Gasteiger partial charge is 0.417 e. The predicted octanol–water partition coefficient (Wildman–Crippen LogP) is 3.40. The summed E-state index contributed by atoms with van der Waals surface area (Å²) in [6.45, 7) is 1.12. The lowest BCUT2D eigenvalue weighted by molar-refractivity contribution is -0.137. The molecule has 182 valence electrons. The minimum atomic E-state index is -4.50. The summed E-state index contributed by atoms with van der Waals surface area (Å²) < 4.78 is 58.7. The summed E-state index contributed by atoms with van der Waals surface area (Å²) in [5.74, 6) is -0.412. The summed E-state index contributed by atoms with van der Waals surface area (Å²) in [7, 11) is 0. The lowest BCUT2D eigenvalue weighted by Gasteiger charge is -2.47. The summed E-state index contributed by atoms with van der Waals surface area (Å²) in [5, 5.41) is 8.22. The van der Waals surface area contributed by atoms with Gasteiger partial charge in [0.2, 0.25) is 5.88 Å². The number of aryl methyl sites for hydroxylation is 1. The van der Waals surface area contributed by atoms with Crippen molar-refractivity contribution in [3.8, 4) is 11.6 Å². The van der Waals surface area contributed by atoms with Gasteiger partial charge in [-0.2, -0.15) is 23.4 Å². The highest BCUT2D eigenvalue weighted by Crippen LogP contribution is 2.74. The Bertz CT molecular complexity index is 1280. The molecule has 2 saturated carbocycles. The molecule has 5 unspecified atom stereocenters. The Balaban J connectivity index is 1.30. The van der Waals surface area contributed by atoms with Crippen LogP contribution in [0.3, 0.4) is 0 Å². The number of nitrogens with zero attached hydrogens (tertiary/aromatic N) is 6. The van der Waals surface area contributed by atoms with Crippen LogP contribution < -0.4 is 4.74 Å². The van der Waals surface area contributed by atoms with Crippen molar-refractivity contribution in [2.45, 2.75) is 44.1 Å². The first-order chi connectivity index (χ1) is 16.7. The van der Waals surface area contributed by atoms with Crippen LogP contribution in [0.1, 0.15) is 34.5 Å². The van der Waals surface area contributed by atoms with Gasteiger partial charge in [0, 0.05) is 23.9 Å². The lowest BCUT2D eigenvalue weighted by Crippen LogP contribution is -2.60. The number of rotatable bonds is 5. The third-order valence-electron chi connectivity index (χ3n) is 7.39. The maximum absolute atomic E-state index is 14.2. The van der Waals surface area contributed by atoms with Crippen molar-refractivity contribution < 1.29 is 27.1 Å². The highest BCUT2D eigenvalue weighted by molar-refractivity contribution is 5.97. The van der Waals surface area contributed by atoms with E-state index in [9.17, 15) is 22.4 Å². The average Bonchev–Trinajstić information content (AvgIpc) is 3.23. The van der Waals surface area contributed by atoms with Crippen LogP contribution in [0.15, 0.2) is 43.0 Å².